The number of hydrogen-bond acceptors (Lipinski definition) is 5. The highest BCUT2D eigenvalue weighted by atomic mass is 16.5. The van der Waals surface area contributed by atoms with E-state index in [1.807, 2.05) is 26.8 Å². The van der Waals surface area contributed by atoms with Gasteiger partial charge in [-0.3, -0.25) is 4.98 Å². The molecule has 1 aliphatic rings. The number of hydrogen-bond donors (Lipinski definition) is 2. The van der Waals surface area contributed by atoms with Gasteiger partial charge in [-0.25, -0.2) is 4.79 Å². The number of carbonyl (C=O) groups excluding carboxylic acids is 1. The van der Waals surface area contributed by atoms with E-state index in [0.717, 1.165) is 28.3 Å². The number of ether oxygens (including phenoxy) is 1. The molecule has 2 N–H and O–H groups in total. The van der Waals surface area contributed by atoms with Gasteiger partial charge < -0.3 is 15.0 Å². The van der Waals surface area contributed by atoms with Crippen molar-refractivity contribution in [1.82, 2.24) is 25.3 Å². The fraction of sp³-hybridized carbons (Fsp3) is 0.500. The Balaban J connectivity index is 1.75. The summed E-state index contributed by atoms with van der Waals surface area (Å²) in [6.07, 6.45) is 1.58. The fourth-order valence-corrected chi connectivity index (χ4v) is 3.25. The zero-order valence-corrected chi connectivity index (χ0v) is 14.3. The van der Waals surface area contributed by atoms with E-state index in [4.69, 9.17) is 4.74 Å². The number of likely N-dealkylation sites (tertiary alicyclic amines) is 1. The molecule has 0 aliphatic carbocycles. The first-order chi connectivity index (χ1) is 11.5. The maximum Gasteiger partial charge on any atom is 0.322 e. The summed E-state index contributed by atoms with van der Waals surface area (Å²) in [7, 11) is 1.65. The molecule has 2 atom stereocenters. The lowest BCUT2D eigenvalue weighted by atomic mass is 10.0. The van der Waals surface area contributed by atoms with E-state index < -0.39 is 0 Å². The Bertz CT molecular complexity index is 707. The molecule has 1 aliphatic heterocycles. The van der Waals surface area contributed by atoms with Crippen molar-refractivity contribution in [3.8, 4) is 0 Å². The second-order valence-electron chi connectivity index (χ2n) is 6.15. The molecule has 1 fully saturated rings. The Kier molecular flexibility index (Phi) is 4.48. The molecule has 8 nitrogen and oxygen atoms in total. The second-order valence-corrected chi connectivity index (χ2v) is 6.15. The molecule has 2 aromatic rings. The zero-order valence-electron chi connectivity index (χ0n) is 14.3. The highest BCUT2D eigenvalue weighted by molar-refractivity contribution is 5.91. The van der Waals surface area contributed by atoms with Gasteiger partial charge in [-0.2, -0.15) is 15.4 Å². The van der Waals surface area contributed by atoms with Crippen molar-refractivity contribution in [3.05, 3.63) is 34.9 Å². The molecular weight excluding hydrogens is 308 g/mol. The van der Waals surface area contributed by atoms with Crippen LogP contribution in [0.15, 0.2) is 12.3 Å². The number of pyridine rings is 1. The molecule has 2 amide bonds. The van der Waals surface area contributed by atoms with E-state index in [1.165, 1.54) is 0 Å². The summed E-state index contributed by atoms with van der Waals surface area (Å²) >= 11 is 0. The smallest absolute Gasteiger partial charge is 0.322 e. The molecule has 8 heteroatoms. The third-order valence-electron chi connectivity index (χ3n) is 4.43. The van der Waals surface area contributed by atoms with Gasteiger partial charge in [-0.1, -0.05) is 0 Å². The van der Waals surface area contributed by atoms with Crippen LogP contribution in [0, 0.1) is 20.8 Å². The quantitative estimate of drug-likeness (QED) is 0.894. The van der Waals surface area contributed by atoms with Gasteiger partial charge in [0.15, 0.2) is 0 Å². The number of aromatic amines is 1. The first-order valence-electron chi connectivity index (χ1n) is 7.88. The van der Waals surface area contributed by atoms with Gasteiger partial charge in [0, 0.05) is 25.9 Å². The lowest BCUT2D eigenvalue weighted by Gasteiger charge is -2.19. The predicted octanol–water partition coefficient (Wildman–Crippen LogP) is 1.77. The van der Waals surface area contributed by atoms with Crippen molar-refractivity contribution in [2.75, 3.05) is 25.5 Å². The van der Waals surface area contributed by atoms with Crippen LogP contribution in [0.3, 0.4) is 0 Å². The summed E-state index contributed by atoms with van der Waals surface area (Å²) < 4.78 is 5.53. The Morgan fingerprint density at radius 1 is 1.38 bits per heavy atom. The number of urea groups is 1. The normalized spacial score (nSPS) is 20.4. The monoisotopic (exact) mass is 330 g/mol. The number of aromatic nitrogens is 4. The summed E-state index contributed by atoms with van der Waals surface area (Å²) in [5.74, 6) is 0.0119. The summed E-state index contributed by atoms with van der Waals surface area (Å²) in [4.78, 5) is 18.8. The number of rotatable bonds is 3. The minimum Gasteiger partial charge on any atom is -0.379 e. The van der Waals surface area contributed by atoms with Gasteiger partial charge in [0.1, 0.15) is 0 Å². The number of carbonyl (C=O) groups is 1. The van der Waals surface area contributed by atoms with E-state index in [0.29, 0.717) is 13.1 Å². The molecule has 2 aromatic heterocycles. The summed E-state index contributed by atoms with van der Waals surface area (Å²) in [5.41, 5.74) is 4.33. The van der Waals surface area contributed by atoms with Crippen LogP contribution >= 0.6 is 0 Å². The van der Waals surface area contributed by atoms with E-state index in [1.54, 1.807) is 18.2 Å². The SMILES string of the molecule is CO[C@@H]1CN(C(=O)Nc2c(C)cc(C)nc2C)C[C@H]1c1cn[nH]n1. The minimum atomic E-state index is -0.153. The van der Waals surface area contributed by atoms with Gasteiger partial charge >= 0.3 is 6.03 Å². The molecular formula is C16H22N6O2. The molecule has 1 saturated heterocycles. The zero-order chi connectivity index (χ0) is 17.3. The number of amides is 2. The van der Waals surface area contributed by atoms with Crippen molar-refractivity contribution in [2.45, 2.75) is 32.8 Å². The molecule has 0 aromatic carbocycles. The van der Waals surface area contributed by atoms with Crippen molar-refractivity contribution < 1.29 is 9.53 Å². The molecule has 3 heterocycles. The Labute approximate surface area is 140 Å². The van der Waals surface area contributed by atoms with E-state index >= 15 is 0 Å². The summed E-state index contributed by atoms with van der Waals surface area (Å²) in [6, 6.07) is 1.81. The lowest BCUT2D eigenvalue weighted by Crippen LogP contribution is -2.34. The lowest BCUT2D eigenvalue weighted by molar-refractivity contribution is 0.0987. The number of methoxy groups -OCH3 is 1. The third-order valence-corrected chi connectivity index (χ3v) is 4.43. The van der Waals surface area contributed by atoms with Crippen LogP contribution < -0.4 is 5.32 Å². The van der Waals surface area contributed by atoms with Crippen molar-refractivity contribution in [1.29, 1.82) is 0 Å². The number of aryl methyl sites for hydroxylation is 3. The molecule has 3 rings (SSSR count). The number of nitrogens with one attached hydrogen (secondary N) is 2. The second kappa shape index (κ2) is 6.56. The largest absolute Gasteiger partial charge is 0.379 e. The van der Waals surface area contributed by atoms with Crippen molar-refractivity contribution in [2.24, 2.45) is 0 Å². The molecule has 0 saturated carbocycles. The molecule has 0 bridgehead atoms. The number of H-pyrrole nitrogens is 1. The number of nitrogens with zero attached hydrogens (tertiary/aromatic N) is 4. The maximum absolute atomic E-state index is 12.7. The third kappa shape index (κ3) is 3.09. The highest BCUT2D eigenvalue weighted by Gasteiger charge is 2.38. The molecule has 128 valence electrons. The number of anilines is 1. The van der Waals surface area contributed by atoms with E-state index in [9.17, 15) is 4.79 Å². The van der Waals surface area contributed by atoms with Crippen LogP contribution in [0.5, 0.6) is 0 Å². The van der Waals surface area contributed by atoms with E-state index in [-0.39, 0.29) is 18.1 Å². The average Bonchev–Trinajstić information content (AvgIpc) is 3.18. The van der Waals surface area contributed by atoms with Crippen LogP contribution in [0.25, 0.3) is 0 Å². The molecule has 24 heavy (non-hydrogen) atoms. The van der Waals surface area contributed by atoms with Gasteiger partial charge in [-0.15, -0.1) is 0 Å². The molecule has 0 spiro atoms. The Morgan fingerprint density at radius 3 is 2.79 bits per heavy atom. The van der Waals surface area contributed by atoms with Crippen LogP contribution in [-0.4, -0.2) is 57.6 Å². The van der Waals surface area contributed by atoms with Gasteiger partial charge in [-0.05, 0) is 32.4 Å². The average molecular weight is 330 g/mol. The first-order valence-corrected chi connectivity index (χ1v) is 7.88. The molecule has 0 radical (unpaired) electrons. The van der Waals surface area contributed by atoms with E-state index in [2.05, 4.69) is 25.7 Å². The van der Waals surface area contributed by atoms with Crippen LogP contribution in [0.1, 0.15) is 28.6 Å². The van der Waals surface area contributed by atoms with Gasteiger partial charge in [0.2, 0.25) is 0 Å². The molecule has 0 unspecified atom stereocenters. The highest BCUT2D eigenvalue weighted by Crippen LogP contribution is 2.29. The Hall–Kier alpha value is -2.48. The Morgan fingerprint density at radius 2 is 2.17 bits per heavy atom. The van der Waals surface area contributed by atoms with Gasteiger partial charge in [0.05, 0.1) is 35.3 Å². The first kappa shape index (κ1) is 16.4. The topological polar surface area (TPSA) is 96.0 Å². The van der Waals surface area contributed by atoms with Crippen molar-refractivity contribution >= 4 is 11.7 Å². The summed E-state index contributed by atoms with van der Waals surface area (Å²) in [5, 5.41) is 13.6. The van der Waals surface area contributed by atoms with Gasteiger partial charge in [0.25, 0.3) is 0 Å². The fourth-order valence-electron chi connectivity index (χ4n) is 3.25. The predicted molar refractivity (Wildman–Crippen MR) is 89.0 cm³/mol. The van der Waals surface area contributed by atoms with Crippen LogP contribution in [0.2, 0.25) is 0 Å². The standard InChI is InChI=1S/C16H22N6O2/c1-9-5-10(2)18-11(3)15(9)19-16(23)22-7-12(14(8-22)24-4)13-6-17-21-20-13/h5-6,12,14H,7-8H2,1-4H3,(H,19,23)(H,17,20,21)/t12-,14+/m0/s1. The minimum absolute atomic E-state index is 0.0119. The van der Waals surface area contributed by atoms with Crippen LogP contribution in [0.4, 0.5) is 10.5 Å². The van der Waals surface area contributed by atoms with Crippen molar-refractivity contribution in [3.63, 3.8) is 0 Å². The summed E-state index contributed by atoms with van der Waals surface area (Å²) in [6.45, 7) is 6.86. The maximum atomic E-state index is 12.7. The van der Waals surface area contributed by atoms with Crippen LogP contribution in [-0.2, 0) is 4.74 Å².